The van der Waals surface area contributed by atoms with Crippen molar-refractivity contribution in [3.05, 3.63) is 59.9 Å². The van der Waals surface area contributed by atoms with Crippen molar-refractivity contribution in [3.63, 3.8) is 0 Å². The third-order valence-corrected chi connectivity index (χ3v) is 3.95. The molecule has 3 amide bonds. The molecule has 3 rings (SSSR count). The van der Waals surface area contributed by atoms with Crippen LogP contribution in [0.2, 0.25) is 0 Å². The summed E-state index contributed by atoms with van der Waals surface area (Å²) in [6, 6.07) is 12.5. The molecule has 0 aliphatic rings. The Hall–Kier alpha value is -3.62. The number of anilines is 1. The Labute approximate surface area is 160 Å². The van der Waals surface area contributed by atoms with Crippen LogP contribution in [0.15, 0.2) is 48.5 Å². The lowest BCUT2D eigenvalue weighted by Gasteiger charge is -2.07. The van der Waals surface area contributed by atoms with Gasteiger partial charge in [-0.1, -0.05) is 50.2 Å². The maximum atomic E-state index is 13.5. The van der Waals surface area contributed by atoms with Crippen LogP contribution in [0.5, 0.6) is 0 Å². The minimum absolute atomic E-state index is 0.0289. The number of hydrogen-bond acceptors (Lipinski definition) is 5. The summed E-state index contributed by atoms with van der Waals surface area (Å²) in [5.41, 5.74) is 1.93. The Morgan fingerprint density at radius 3 is 2.50 bits per heavy atom. The second-order valence-electron chi connectivity index (χ2n) is 6.40. The Morgan fingerprint density at radius 2 is 1.82 bits per heavy atom. The van der Waals surface area contributed by atoms with Gasteiger partial charge in [-0.05, 0) is 28.8 Å². The summed E-state index contributed by atoms with van der Waals surface area (Å²) in [4.78, 5) is 24.9. The molecule has 0 atom stereocenters. The molecule has 8 nitrogen and oxygen atoms in total. The molecule has 0 radical (unpaired) electrons. The normalized spacial score (nSPS) is 10.7. The van der Waals surface area contributed by atoms with Crippen molar-refractivity contribution in [3.8, 4) is 11.4 Å². The van der Waals surface area contributed by atoms with Crippen molar-refractivity contribution >= 4 is 17.6 Å². The molecule has 0 aliphatic heterocycles. The summed E-state index contributed by atoms with van der Waals surface area (Å²) in [6.45, 7) is 3.90. The van der Waals surface area contributed by atoms with Gasteiger partial charge in [0.25, 0.3) is 5.91 Å². The molecule has 0 aliphatic carbocycles. The molecule has 0 fully saturated rings. The lowest BCUT2D eigenvalue weighted by atomic mass is 10.0. The molecule has 1 aromatic heterocycles. The van der Waals surface area contributed by atoms with Crippen LogP contribution >= 0.6 is 0 Å². The van der Waals surface area contributed by atoms with Gasteiger partial charge in [-0.15, -0.1) is 10.2 Å². The fourth-order valence-electron chi connectivity index (χ4n) is 2.45. The quantitative estimate of drug-likeness (QED) is 0.706. The molecule has 3 aromatic rings. The molecule has 28 heavy (non-hydrogen) atoms. The van der Waals surface area contributed by atoms with E-state index in [0.717, 1.165) is 10.4 Å². The van der Waals surface area contributed by atoms with Gasteiger partial charge < -0.3 is 5.32 Å². The molecule has 0 saturated carbocycles. The number of para-hydroxylation sites is 1. The van der Waals surface area contributed by atoms with E-state index in [1.807, 2.05) is 24.3 Å². The number of hydrogen-bond donors (Lipinski definition) is 2. The van der Waals surface area contributed by atoms with Gasteiger partial charge in [-0.25, -0.2) is 9.18 Å². The Bertz CT molecular complexity index is 984. The van der Waals surface area contributed by atoms with E-state index >= 15 is 0 Å². The van der Waals surface area contributed by atoms with E-state index in [0.29, 0.717) is 11.7 Å². The zero-order valence-electron chi connectivity index (χ0n) is 15.4. The highest BCUT2D eigenvalue weighted by Crippen LogP contribution is 2.19. The first-order chi connectivity index (χ1) is 13.4. The average Bonchev–Trinajstić information content (AvgIpc) is 3.12. The van der Waals surface area contributed by atoms with Gasteiger partial charge in [0.15, 0.2) is 0 Å². The molecule has 144 valence electrons. The summed E-state index contributed by atoms with van der Waals surface area (Å²) < 4.78 is 13.5. The summed E-state index contributed by atoms with van der Waals surface area (Å²) >= 11 is 0. The maximum Gasteiger partial charge on any atom is 0.326 e. The molecular formula is C19H19FN6O2. The van der Waals surface area contributed by atoms with Gasteiger partial charge >= 0.3 is 6.03 Å². The van der Waals surface area contributed by atoms with Crippen LogP contribution in [0, 0.1) is 5.82 Å². The number of amides is 3. The number of aromatic nitrogens is 4. The van der Waals surface area contributed by atoms with Crippen LogP contribution in [-0.2, 0) is 11.3 Å². The highest BCUT2D eigenvalue weighted by molar-refractivity contribution is 6.01. The second kappa shape index (κ2) is 8.38. The minimum Gasteiger partial charge on any atom is -0.305 e. The molecule has 0 unspecified atom stereocenters. The molecular weight excluding hydrogens is 363 g/mol. The number of urea groups is 1. The number of nitrogens with one attached hydrogen (secondary N) is 2. The van der Waals surface area contributed by atoms with Crippen molar-refractivity contribution in [2.75, 3.05) is 5.32 Å². The van der Waals surface area contributed by atoms with Gasteiger partial charge in [0.05, 0.1) is 5.69 Å². The number of imide groups is 1. The Kier molecular flexibility index (Phi) is 5.73. The van der Waals surface area contributed by atoms with Gasteiger partial charge in [-0.3, -0.25) is 10.1 Å². The third-order valence-electron chi connectivity index (χ3n) is 3.95. The lowest BCUT2D eigenvalue weighted by Crippen LogP contribution is -2.37. The molecule has 0 saturated heterocycles. The smallest absolute Gasteiger partial charge is 0.305 e. The molecule has 0 bridgehead atoms. The van der Waals surface area contributed by atoms with E-state index in [1.165, 1.54) is 23.8 Å². The number of rotatable bonds is 5. The monoisotopic (exact) mass is 382 g/mol. The SMILES string of the molecule is CC(C)c1ccc(-c2nnn(CC(=O)NC(=O)Nc3ccccc3F)n2)cc1. The van der Waals surface area contributed by atoms with Crippen LogP contribution in [0.3, 0.4) is 0 Å². The van der Waals surface area contributed by atoms with Crippen LogP contribution in [0.25, 0.3) is 11.4 Å². The molecule has 9 heteroatoms. The largest absolute Gasteiger partial charge is 0.326 e. The molecule has 0 spiro atoms. The first-order valence-electron chi connectivity index (χ1n) is 8.66. The second-order valence-corrected chi connectivity index (χ2v) is 6.40. The van der Waals surface area contributed by atoms with Crippen molar-refractivity contribution in [1.82, 2.24) is 25.5 Å². The summed E-state index contributed by atoms with van der Waals surface area (Å²) in [5.74, 6) is -0.472. The number of carbonyl (C=O) groups excluding carboxylic acids is 2. The van der Waals surface area contributed by atoms with E-state index < -0.39 is 17.8 Å². The number of benzene rings is 2. The summed E-state index contributed by atoms with van der Waals surface area (Å²) in [6.07, 6.45) is 0. The fraction of sp³-hybridized carbons (Fsp3) is 0.211. The fourth-order valence-corrected chi connectivity index (χ4v) is 2.45. The van der Waals surface area contributed by atoms with Crippen LogP contribution in [-0.4, -0.2) is 32.1 Å². The average molecular weight is 382 g/mol. The van der Waals surface area contributed by atoms with E-state index in [9.17, 15) is 14.0 Å². The minimum atomic E-state index is -0.847. The third kappa shape index (κ3) is 4.76. The van der Waals surface area contributed by atoms with Crippen molar-refractivity contribution in [1.29, 1.82) is 0 Å². The van der Waals surface area contributed by atoms with E-state index in [2.05, 4.69) is 39.9 Å². The number of nitrogens with zero attached hydrogens (tertiary/aromatic N) is 4. The van der Waals surface area contributed by atoms with Gasteiger partial charge in [0, 0.05) is 5.56 Å². The highest BCUT2D eigenvalue weighted by Gasteiger charge is 2.13. The van der Waals surface area contributed by atoms with Gasteiger partial charge in [0.1, 0.15) is 12.4 Å². The molecule has 2 N–H and O–H groups in total. The van der Waals surface area contributed by atoms with E-state index in [4.69, 9.17) is 0 Å². The van der Waals surface area contributed by atoms with Gasteiger partial charge in [-0.2, -0.15) is 4.80 Å². The topological polar surface area (TPSA) is 102 Å². The standard InChI is InChI=1S/C19H19FN6O2/c1-12(2)13-7-9-14(10-8-13)18-23-25-26(24-18)11-17(27)22-19(28)21-16-6-4-3-5-15(16)20/h3-10,12H,11H2,1-2H3,(H2,21,22,27,28). The zero-order valence-corrected chi connectivity index (χ0v) is 15.4. The first kappa shape index (κ1) is 19.2. The molecule has 1 heterocycles. The van der Waals surface area contributed by atoms with Crippen LogP contribution in [0.4, 0.5) is 14.9 Å². The summed E-state index contributed by atoms with van der Waals surface area (Å²) in [5, 5.41) is 16.2. The summed E-state index contributed by atoms with van der Waals surface area (Å²) in [7, 11) is 0. The van der Waals surface area contributed by atoms with Crippen LogP contribution < -0.4 is 10.6 Å². The van der Waals surface area contributed by atoms with Gasteiger partial charge in [0.2, 0.25) is 5.82 Å². The van der Waals surface area contributed by atoms with Crippen LogP contribution in [0.1, 0.15) is 25.3 Å². The number of tetrazole rings is 1. The highest BCUT2D eigenvalue weighted by atomic mass is 19.1. The molecule has 2 aromatic carbocycles. The first-order valence-corrected chi connectivity index (χ1v) is 8.66. The van der Waals surface area contributed by atoms with Crippen molar-refractivity contribution in [2.24, 2.45) is 0 Å². The van der Waals surface area contributed by atoms with E-state index in [1.54, 1.807) is 6.07 Å². The van der Waals surface area contributed by atoms with Crippen molar-refractivity contribution < 1.29 is 14.0 Å². The number of halogens is 1. The maximum absolute atomic E-state index is 13.5. The lowest BCUT2D eigenvalue weighted by molar-refractivity contribution is -0.120. The van der Waals surface area contributed by atoms with E-state index in [-0.39, 0.29) is 12.2 Å². The zero-order chi connectivity index (χ0) is 20.1. The predicted molar refractivity (Wildman–Crippen MR) is 101 cm³/mol. The number of carbonyl (C=O) groups is 2. The predicted octanol–water partition coefficient (Wildman–Crippen LogP) is 2.95. The van der Waals surface area contributed by atoms with Crippen molar-refractivity contribution in [2.45, 2.75) is 26.3 Å². The Morgan fingerprint density at radius 1 is 1.11 bits per heavy atom. The Balaban J connectivity index is 1.57.